The number of nitrogens with one attached hydrogen (secondary N) is 2. The summed E-state index contributed by atoms with van der Waals surface area (Å²) in [6, 6.07) is 5.56. The van der Waals surface area contributed by atoms with E-state index in [2.05, 4.69) is 24.5 Å². The molecule has 0 aliphatic carbocycles. The molecule has 1 heterocycles. The van der Waals surface area contributed by atoms with Crippen LogP contribution in [0.5, 0.6) is 0 Å². The fourth-order valence-corrected chi connectivity index (χ4v) is 3.21. The van der Waals surface area contributed by atoms with E-state index < -0.39 is 0 Å². The van der Waals surface area contributed by atoms with Crippen molar-refractivity contribution in [3.05, 3.63) is 23.8 Å². The van der Waals surface area contributed by atoms with Crippen LogP contribution in [-0.2, 0) is 11.2 Å². The fourth-order valence-electron chi connectivity index (χ4n) is 3.21. The third kappa shape index (κ3) is 6.07. The van der Waals surface area contributed by atoms with Crippen LogP contribution in [0.3, 0.4) is 0 Å². The van der Waals surface area contributed by atoms with Gasteiger partial charge in [-0.05, 0) is 42.5 Å². The average Bonchev–Trinajstić information content (AvgIpc) is 2.97. The molecule has 3 amide bonds. The van der Waals surface area contributed by atoms with Crippen molar-refractivity contribution < 1.29 is 9.59 Å². The number of anilines is 2. The molecule has 0 spiro atoms. The number of urea groups is 1. The van der Waals surface area contributed by atoms with E-state index in [1.54, 1.807) is 11.8 Å². The van der Waals surface area contributed by atoms with Crippen molar-refractivity contribution in [2.75, 3.05) is 23.3 Å². The predicted molar refractivity (Wildman–Crippen MR) is 103 cm³/mol. The van der Waals surface area contributed by atoms with Gasteiger partial charge in [-0.1, -0.05) is 39.5 Å². The molecule has 0 aromatic heterocycles. The highest BCUT2D eigenvalue weighted by molar-refractivity contribution is 5.95. The van der Waals surface area contributed by atoms with Crippen LogP contribution in [0.2, 0.25) is 0 Å². The molecule has 2 N–H and O–H groups in total. The van der Waals surface area contributed by atoms with Gasteiger partial charge in [0.05, 0.1) is 0 Å². The number of hydrogen-bond acceptors (Lipinski definition) is 2. The monoisotopic (exact) mass is 345 g/mol. The summed E-state index contributed by atoms with van der Waals surface area (Å²) in [5.74, 6) is 0.837. The van der Waals surface area contributed by atoms with Gasteiger partial charge < -0.3 is 15.5 Å². The van der Waals surface area contributed by atoms with Crippen molar-refractivity contribution in [3.63, 3.8) is 0 Å². The van der Waals surface area contributed by atoms with Crippen LogP contribution in [0, 0.1) is 5.92 Å². The Morgan fingerprint density at radius 3 is 2.64 bits per heavy atom. The van der Waals surface area contributed by atoms with E-state index in [4.69, 9.17) is 0 Å². The number of fused-ring (bicyclic) bond motifs is 1. The largest absolute Gasteiger partial charge is 0.338 e. The van der Waals surface area contributed by atoms with E-state index in [-0.39, 0.29) is 11.9 Å². The van der Waals surface area contributed by atoms with Gasteiger partial charge in [0.15, 0.2) is 0 Å². The first-order valence-corrected chi connectivity index (χ1v) is 9.43. The minimum absolute atomic E-state index is 0.0607. The number of unbranched alkanes of at least 4 members (excludes halogenated alkanes) is 3. The number of rotatable bonds is 8. The predicted octanol–water partition coefficient (Wildman–Crippen LogP) is 4.32. The minimum Gasteiger partial charge on any atom is -0.338 e. The molecule has 138 valence electrons. The molecule has 5 heteroatoms. The van der Waals surface area contributed by atoms with Crippen LogP contribution >= 0.6 is 0 Å². The van der Waals surface area contributed by atoms with Gasteiger partial charge in [-0.25, -0.2) is 4.79 Å². The highest BCUT2D eigenvalue weighted by atomic mass is 16.2. The van der Waals surface area contributed by atoms with E-state index in [1.807, 2.05) is 18.2 Å². The number of hydrogen-bond donors (Lipinski definition) is 2. The second kappa shape index (κ2) is 9.44. The molecule has 5 nitrogen and oxygen atoms in total. The zero-order valence-electron chi connectivity index (χ0n) is 15.7. The summed E-state index contributed by atoms with van der Waals surface area (Å²) in [5, 5.41) is 5.79. The van der Waals surface area contributed by atoms with E-state index >= 15 is 0 Å². The van der Waals surface area contributed by atoms with E-state index in [1.165, 1.54) is 19.3 Å². The van der Waals surface area contributed by atoms with Crippen molar-refractivity contribution in [2.24, 2.45) is 5.92 Å². The molecular formula is C20H31N3O2. The Morgan fingerprint density at radius 2 is 1.92 bits per heavy atom. The molecular weight excluding hydrogens is 314 g/mol. The highest BCUT2D eigenvalue weighted by Gasteiger charge is 2.22. The van der Waals surface area contributed by atoms with Crippen LogP contribution in [0.4, 0.5) is 16.2 Å². The number of carbonyl (C=O) groups excluding carboxylic acids is 2. The molecule has 0 saturated heterocycles. The smallest absolute Gasteiger partial charge is 0.319 e. The zero-order valence-corrected chi connectivity index (χ0v) is 15.7. The molecule has 0 radical (unpaired) electrons. The number of carbonyl (C=O) groups is 2. The van der Waals surface area contributed by atoms with Crippen LogP contribution in [-0.4, -0.2) is 25.0 Å². The number of amides is 3. The maximum absolute atomic E-state index is 12.0. The first-order chi connectivity index (χ1) is 12.0. The molecule has 0 bridgehead atoms. The maximum Gasteiger partial charge on any atom is 0.319 e. The van der Waals surface area contributed by atoms with E-state index in [9.17, 15) is 9.59 Å². The van der Waals surface area contributed by atoms with Crippen LogP contribution in [0.15, 0.2) is 18.2 Å². The van der Waals surface area contributed by atoms with Gasteiger partial charge in [-0.2, -0.15) is 0 Å². The fraction of sp³-hybridized carbons (Fsp3) is 0.600. The van der Waals surface area contributed by atoms with Gasteiger partial charge in [0.25, 0.3) is 0 Å². The minimum atomic E-state index is -0.163. The highest BCUT2D eigenvalue weighted by Crippen LogP contribution is 2.30. The molecule has 1 aliphatic heterocycles. The van der Waals surface area contributed by atoms with Gasteiger partial charge in [-0.15, -0.1) is 0 Å². The van der Waals surface area contributed by atoms with Crippen molar-refractivity contribution in [3.8, 4) is 0 Å². The Balaban J connectivity index is 1.69. The number of benzene rings is 1. The summed E-state index contributed by atoms with van der Waals surface area (Å²) in [6.07, 6.45) is 6.81. The Kier molecular flexibility index (Phi) is 7.29. The standard InChI is InChI=1S/C20H31N3O2/c1-15(2)8-6-4-5-7-12-21-20(25)22-18-9-10-19-17(14-18)11-13-23(19)16(3)24/h9-10,14-15H,4-8,11-13H2,1-3H3,(H2,21,22,25). The molecule has 1 aromatic carbocycles. The summed E-state index contributed by atoms with van der Waals surface area (Å²) in [6.45, 7) is 7.51. The van der Waals surface area contributed by atoms with Gasteiger partial charge in [0, 0.05) is 31.4 Å². The molecule has 0 fully saturated rings. The lowest BCUT2D eigenvalue weighted by atomic mass is 10.0. The van der Waals surface area contributed by atoms with Crippen LogP contribution < -0.4 is 15.5 Å². The third-order valence-electron chi connectivity index (χ3n) is 4.61. The summed E-state index contributed by atoms with van der Waals surface area (Å²) >= 11 is 0. The summed E-state index contributed by atoms with van der Waals surface area (Å²) in [5.41, 5.74) is 2.84. The van der Waals surface area contributed by atoms with E-state index in [0.29, 0.717) is 6.54 Å². The Hall–Kier alpha value is -2.04. The topological polar surface area (TPSA) is 61.4 Å². The van der Waals surface area contributed by atoms with Crippen molar-refractivity contribution in [2.45, 2.75) is 59.3 Å². The summed E-state index contributed by atoms with van der Waals surface area (Å²) in [4.78, 5) is 25.3. The lowest BCUT2D eigenvalue weighted by molar-refractivity contribution is -0.116. The van der Waals surface area contributed by atoms with Gasteiger partial charge >= 0.3 is 6.03 Å². The lowest BCUT2D eigenvalue weighted by Crippen LogP contribution is -2.29. The quantitative estimate of drug-likeness (QED) is 0.689. The van der Waals surface area contributed by atoms with Crippen LogP contribution in [0.1, 0.15) is 58.4 Å². The second-order valence-corrected chi connectivity index (χ2v) is 7.24. The Bertz CT molecular complexity index is 599. The molecule has 0 atom stereocenters. The first-order valence-electron chi connectivity index (χ1n) is 9.43. The Morgan fingerprint density at radius 1 is 1.16 bits per heavy atom. The molecule has 0 unspecified atom stereocenters. The molecule has 1 aliphatic rings. The summed E-state index contributed by atoms with van der Waals surface area (Å²) in [7, 11) is 0. The van der Waals surface area contributed by atoms with Gasteiger partial charge in [-0.3, -0.25) is 4.79 Å². The normalized spacial score (nSPS) is 13.0. The van der Waals surface area contributed by atoms with Crippen LogP contribution in [0.25, 0.3) is 0 Å². The van der Waals surface area contributed by atoms with Crippen molar-refractivity contribution >= 4 is 23.3 Å². The second-order valence-electron chi connectivity index (χ2n) is 7.24. The SMILES string of the molecule is CC(=O)N1CCc2cc(NC(=O)NCCCCCCC(C)C)ccc21. The van der Waals surface area contributed by atoms with Gasteiger partial charge in [0.1, 0.15) is 0 Å². The van der Waals surface area contributed by atoms with Crippen molar-refractivity contribution in [1.82, 2.24) is 5.32 Å². The Labute approximate surface area is 151 Å². The lowest BCUT2D eigenvalue weighted by Gasteiger charge is -2.15. The first kappa shape index (κ1) is 19.3. The van der Waals surface area contributed by atoms with E-state index in [0.717, 1.165) is 48.7 Å². The molecule has 25 heavy (non-hydrogen) atoms. The molecule has 0 saturated carbocycles. The maximum atomic E-state index is 12.0. The molecule has 2 rings (SSSR count). The van der Waals surface area contributed by atoms with Crippen molar-refractivity contribution in [1.29, 1.82) is 0 Å². The van der Waals surface area contributed by atoms with Gasteiger partial charge in [0.2, 0.25) is 5.91 Å². The number of nitrogens with zero attached hydrogens (tertiary/aromatic N) is 1. The third-order valence-corrected chi connectivity index (χ3v) is 4.61. The summed E-state index contributed by atoms with van der Waals surface area (Å²) < 4.78 is 0. The molecule has 1 aromatic rings. The zero-order chi connectivity index (χ0) is 18.2. The average molecular weight is 345 g/mol.